The van der Waals surface area contributed by atoms with Gasteiger partial charge in [0, 0.05) is 20.0 Å². The molecule has 0 aliphatic rings. The van der Waals surface area contributed by atoms with Gasteiger partial charge in [0.25, 0.3) is 0 Å². The van der Waals surface area contributed by atoms with Crippen LogP contribution in [0.15, 0.2) is 12.1 Å². The third-order valence-corrected chi connectivity index (χ3v) is 3.49. The van der Waals surface area contributed by atoms with E-state index in [2.05, 4.69) is 19.1 Å². The predicted octanol–water partition coefficient (Wildman–Crippen LogP) is 2.52. The SMILES string of the molecule is Cc1cc(C)c(OCCC(=O)N(C)CCC(N)=S)c(C)c1. The molecule has 116 valence electrons. The number of thiocarbonyl (C=S) groups is 1. The monoisotopic (exact) mass is 308 g/mol. The van der Waals surface area contributed by atoms with Gasteiger partial charge in [-0.2, -0.15) is 0 Å². The molecule has 0 bridgehead atoms. The highest BCUT2D eigenvalue weighted by Gasteiger charge is 2.10. The first-order valence-corrected chi connectivity index (χ1v) is 7.45. The van der Waals surface area contributed by atoms with E-state index in [0.29, 0.717) is 31.0 Å². The number of carbonyl (C=O) groups is 1. The summed E-state index contributed by atoms with van der Waals surface area (Å²) in [5, 5.41) is 0. The van der Waals surface area contributed by atoms with Crippen molar-refractivity contribution in [3.63, 3.8) is 0 Å². The van der Waals surface area contributed by atoms with Gasteiger partial charge in [0.15, 0.2) is 0 Å². The lowest BCUT2D eigenvalue weighted by Crippen LogP contribution is -2.31. The predicted molar refractivity (Wildman–Crippen MR) is 89.8 cm³/mol. The highest BCUT2D eigenvalue weighted by atomic mass is 32.1. The van der Waals surface area contributed by atoms with Crippen molar-refractivity contribution in [2.75, 3.05) is 20.2 Å². The molecule has 1 amide bonds. The number of hydrogen-bond acceptors (Lipinski definition) is 3. The second-order valence-electron chi connectivity index (χ2n) is 5.36. The van der Waals surface area contributed by atoms with Gasteiger partial charge in [0.05, 0.1) is 18.0 Å². The minimum atomic E-state index is 0.0358. The smallest absolute Gasteiger partial charge is 0.225 e. The third kappa shape index (κ3) is 5.71. The number of amides is 1. The molecule has 0 heterocycles. The van der Waals surface area contributed by atoms with Gasteiger partial charge in [-0.05, 0) is 31.9 Å². The zero-order valence-corrected chi connectivity index (χ0v) is 14.0. The third-order valence-electron chi connectivity index (χ3n) is 3.29. The topological polar surface area (TPSA) is 55.6 Å². The molecule has 1 aromatic rings. The Morgan fingerprint density at radius 3 is 2.33 bits per heavy atom. The van der Waals surface area contributed by atoms with E-state index in [0.717, 1.165) is 16.9 Å². The highest BCUT2D eigenvalue weighted by molar-refractivity contribution is 7.80. The number of nitrogens with zero attached hydrogens (tertiary/aromatic N) is 1. The van der Waals surface area contributed by atoms with Crippen LogP contribution in [0.4, 0.5) is 0 Å². The molecular formula is C16H24N2O2S. The standard InChI is InChI=1S/C16H24N2O2S/c1-11-9-12(2)16(13(3)10-11)20-8-6-15(19)18(4)7-5-14(17)21/h9-10H,5-8H2,1-4H3,(H2,17,21). The highest BCUT2D eigenvalue weighted by Crippen LogP contribution is 2.24. The molecule has 21 heavy (non-hydrogen) atoms. The van der Waals surface area contributed by atoms with E-state index in [-0.39, 0.29) is 5.91 Å². The molecule has 0 saturated carbocycles. The zero-order chi connectivity index (χ0) is 16.0. The van der Waals surface area contributed by atoms with E-state index in [1.807, 2.05) is 13.8 Å². The Labute approximate surface area is 132 Å². The van der Waals surface area contributed by atoms with Gasteiger partial charge >= 0.3 is 0 Å². The van der Waals surface area contributed by atoms with E-state index < -0.39 is 0 Å². The van der Waals surface area contributed by atoms with Gasteiger partial charge in [-0.1, -0.05) is 29.9 Å². The first kappa shape index (κ1) is 17.4. The second-order valence-corrected chi connectivity index (χ2v) is 5.88. The van der Waals surface area contributed by atoms with Gasteiger partial charge in [-0.3, -0.25) is 4.79 Å². The van der Waals surface area contributed by atoms with Crippen molar-refractivity contribution in [3.05, 3.63) is 28.8 Å². The average molecular weight is 308 g/mol. The first-order chi connectivity index (χ1) is 9.81. The molecule has 0 fully saturated rings. The summed E-state index contributed by atoms with van der Waals surface area (Å²) in [6, 6.07) is 4.16. The average Bonchev–Trinajstić information content (AvgIpc) is 2.38. The molecule has 2 N–H and O–H groups in total. The lowest BCUT2D eigenvalue weighted by Gasteiger charge is -2.18. The Balaban J connectivity index is 2.46. The second kappa shape index (κ2) is 7.98. The minimum absolute atomic E-state index is 0.0358. The fourth-order valence-corrected chi connectivity index (χ4v) is 2.32. The van der Waals surface area contributed by atoms with Crippen LogP contribution in [0, 0.1) is 20.8 Å². The van der Waals surface area contributed by atoms with Crippen molar-refractivity contribution in [1.82, 2.24) is 4.90 Å². The molecule has 5 heteroatoms. The van der Waals surface area contributed by atoms with Crippen LogP contribution >= 0.6 is 12.2 Å². The Morgan fingerprint density at radius 1 is 1.24 bits per heavy atom. The molecule has 4 nitrogen and oxygen atoms in total. The van der Waals surface area contributed by atoms with Crippen molar-refractivity contribution < 1.29 is 9.53 Å². The van der Waals surface area contributed by atoms with Crippen LogP contribution in [0.3, 0.4) is 0 Å². The summed E-state index contributed by atoms with van der Waals surface area (Å²) in [5.41, 5.74) is 8.84. The van der Waals surface area contributed by atoms with Gasteiger partial charge < -0.3 is 15.4 Å². The molecule has 0 unspecified atom stereocenters. The maximum absolute atomic E-state index is 11.9. The van der Waals surface area contributed by atoms with Crippen molar-refractivity contribution >= 4 is 23.1 Å². The van der Waals surface area contributed by atoms with Gasteiger partial charge in [0.2, 0.25) is 5.91 Å². The lowest BCUT2D eigenvalue weighted by atomic mass is 10.1. The quantitative estimate of drug-likeness (QED) is 0.786. The number of ether oxygens (including phenoxy) is 1. The number of benzene rings is 1. The molecule has 1 aromatic carbocycles. The molecule has 0 atom stereocenters. The summed E-state index contributed by atoms with van der Waals surface area (Å²) in [6.07, 6.45) is 0.898. The fourth-order valence-electron chi connectivity index (χ4n) is 2.23. The molecule has 0 aliphatic carbocycles. The van der Waals surface area contributed by atoms with Crippen molar-refractivity contribution in [2.45, 2.75) is 33.6 Å². The number of aryl methyl sites for hydroxylation is 3. The van der Waals surface area contributed by atoms with Crippen molar-refractivity contribution in [3.8, 4) is 5.75 Å². The molecule has 0 spiro atoms. The molecule has 1 rings (SSSR count). The Hall–Kier alpha value is -1.62. The maximum atomic E-state index is 11.9. The number of rotatable bonds is 7. The van der Waals surface area contributed by atoms with Crippen molar-refractivity contribution in [2.24, 2.45) is 5.73 Å². The van der Waals surface area contributed by atoms with Gasteiger partial charge in [-0.15, -0.1) is 0 Å². The van der Waals surface area contributed by atoms with E-state index in [1.165, 1.54) is 5.56 Å². The van der Waals surface area contributed by atoms with E-state index in [4.69, 9.17) is 22.7 Å². The summed E-state index contributed by atoms with van der Waals surface area (Å²) in [7, 11) is 1.75. The normalized spacial score (nSPS) is 10.3. The molecule has 0 aromatic heterocycles. The Morgan fingerprint density at radius 2 is 1.81 bits per heavy atom. The summed E-state index contributed by atoms with van der Waals surface area (Å²) >= 11 is 4.81. The summed E-state index contributed by atoms with van der Waals surface area (Å²) in [6.45, 7) is 7.03. The Bertz CT molecular complexity index is 506. The van der Waals surface area contributed by atoms with Gasteiger partial charge in [0.1, 0.15) is 5.75 Å². The summed E-state index contributed by atoms with van der Waals surface area (Å²) in [4.78, 5) is 14.0. The maximum Gasteiger partial charge on any atom is 0.225 e. The van der Waals surface area contributed by atoms with Crippen molar-refractivity contribution in [1.29, 1.82) is 0 Å². The number of carbonyl (C=O) groups excluding carboxylic acids is 1. The van der Waals surface area contributed by atoms with E-state index >= 15 is 0 Å². The summed E-state index contributed by atoms with van der Waals surface area (Å²) < 4.78 is 5.77. The molecular weight excluding hydrogens is 284 g/mol. The van der Waals surface area contributed by atoms with Crippen LogP contribution < -0.4 is 10.5 Å². The largest absolute Gasteiger partial charge is 0.493 e. The van der Waals surface area contributed by atoms with Crippen LogP contribution in [-0.4, -0.2) is 36.0 Å². The fraction of sp³-hybridized carbons (Fsp3) is 0.500. The first-order valence-electron chi connectivity index (χ1n) is 7.04. The molecule has 0 radical (unpaired) electrons. The van der Waals surface area contributed by atoms with Crippen LogP contribution in [-0.2, 0) is 4.79 Å². The number of nitrogens with two attached hydrogens (primary N) is 1. The van der Waals surface area contributed by atoms with Crippen LogP contribution in [0.5, 0.6) is 5.75 Å². The van der Waals surface area contributed by atoms with Crippen LogP contribution in [0.1, 0.15) is 29.5 Å². The Kier molecular flexibility index (Phi) is 6.62. The minimum Gasteiger partial charge on any atom is -0.493 e. The molecule has 0 aliphatic heterocycles. The number of hydrogen-bond donors (Lipinski definition) is 1. The van der Waals surface area contributed by atoms with Gasteiger partial charge in [-0.25, -0.2) is 0 Å². The molecule has 0 saturated heterocycles. The van der Waals surface area contributed by atoms with E-state index in [9.17, 15) is 4.79 Å². The zero-order valence-electron chi connectivity index (χ0n) is 13.2. The van der Waals surface area contributed by atoms with E-state index in [1.54, 1.807) is 11.9 Å². The lowest BCUT2D eigenvalue weighted by molar-refractivity contribution is -0.130. The summed E-state index contributed by atoms with van der Waals surface area (Å²) in [5.74, 6) is 0.910. The van der Waals surface area contributed by atoms with Crippen LogP contribution in [0.25, 0.3) is 0 Å². The van der Waals surface area contributed by atoms with Crippen LogP contribution in [0.2, 0.25) is 0 Å².